The SMILES string of the molecule is [C-]#[N+]c1ccn2ccnc2c1. The summed E-state index contributed by atoms with van der Waals surface area (Å²) < 4.78 is 1.87. The third-order valence-electron chi connectivity index (χ3n) is 1.51. The van der Waals surface area contributed by atoms with Crippen molar-refractivity contribution in [1.82, 2.24) is 9.38 Å². The summed E-state index contributed by atoms with van der Waals surface area (Å²) in [5.74, 6) is 0. The molecule has 0 unspecified atom stereocenters. The van der Waals surface area contributed by atoms with Gasteiger partial charge in [0.05, 0.1) is 6.57 Å². The van der Waals surface area contributed by atoms with Gasteiger partial charge >= 0.3 is 0 Å². The van der Waals surface area contributed by atoms with Gasteiger partial charge in [0.15, 0.2) is 5.69 Å². The highest BCUT2D eigenvalue weighted by atomic mass is 15.0. The van der Waals surface area contributed by atoms with Gasteiger partial charge in [-0.05, 0) is 18.3 Å². The molecule has 0 aliphatic heterocycles. The zero-order valence-electron chi connectivity index (χ0n) is 5.73. The summed E-state index contributed by atoms with van der Waals surface area (Å²) >= 11 is 0. The minimum Gasteiger partial charge on any atom is -0.309 e. The van der Waals surface area contributed by atoms with E-state index in [1.165, 1.54) is 0 Å². The average Bonchev–Trinajstić information content (AvgIpc) is 2.50. The van der Waals surface area contributed by atoms with E-state index < -0.39 is 0 Å². The standard InChI is InChI=1S/C8H5N3/c1-9-7-2-4-11-5-3-10-8(11)6-7/h2-6H. The topological polar surface area (TPSA) is 21.7 Å². The van der Waals surface area contributed by atoms with Crippen LogP contribution in [0.1, 0.15) is 0 Å². The molecule has 0 radical (unpaired) electrons. The summed E-state index contributed by atoms with van der Waals surface area (Å²) in [6.45, 7) is 6.76. The van der Waals surface area contributed by atoms with E-state index in [0.29, 0.717) is 5.69 Å². The van der Waals surface area contributed by atoms with Gasteiger partial charge in [0.1, 0.15) is 5.65 Å². The van der Waals surface area contributed by atoms with Gasteiger partial charge < -0.3 is 4.40 Å². The normalized spacial score (nSPS) is 9.73. The van der Waals surface area contributed by atoms with E-state index in [2.05, 4.69) is 9.83 Å². The highest BCUT2D eigenvalue weighted by Crippen LogP contribution is 2.12. The molecule has 0 aromatic carbocycles. The molecule has 0 fully saturated rings. The number of imidazole rings is 1. The Morgan fingerprint density at radius 1 is 1.45 bits per heavy atom. The number of nitrogens with zero attached hydrogens (tertiary/aromatic N) is 3. The number of pyridine rings is 1. The van der Waals surface area contributed by atoms with Crippen molar-refractivity contribution in [1.29, 1.82) is 0 Å². The van der Waals surface area contributed by atoms with Gasteiger partial charge in [-0.15, -0.1) is 0 Å². The Morgan fingerprint density at radius 2 is 2.36 bits per heavy atom. The Kier molecular flexibility index (Phi) is 1.13. The molecule has 52 valence electrons. The molecule has 0 spiro atoms. The molecule has 3 nitrogen and oxygen atoms in total. The first kappa shape index (κ1) is 5.93. The lowest BCUT2D eigenvalue weighted by Gasteiger charge is -1.91. The van der Waals surface area contributed by atoms with Crippen LogP contribution in [0.3, 0.4) is 0 Å². The first-order valence-electron chi connectivity index (χ1n) is 3.20. The second-order valence-electron chi connectivity index (χ2n) is 2.19. The lowest BCUT2D eigenvalue weighted by molar-refractivity contribution is 1.19. The van der Waals surface area contributed by atoms with E-state index in [4.69, 9.17) is 6.57 Å². The van der Waals surface area contributed by atoms with E-state index in [0.717, 1.165) is 5.65 Å². The predicted octanol–water partition coefficient (Wildman–Crippen LogP) is 1.89. The van der Waals surface area contributed by atoms with Crippen molar-refractivity contribution in [2.24, 2.45) is 0 Å². The molecule has 0 aliphatic carbocycles. The first-order chi connectivity index (χ1) is 5.40. The quantitative estimate of drug-likeness (QED) is 0.516. The molecule has 2 aromatic heterocycles. The lowest BCUT2D eigenvalue weighted by Crippen LogP contribution is -1.78. The maximum absolute atomic E-state index is 6.76. The molecule has 0 amide bonds. The van der Waals surface area contributed by atoms with E-state index in [-0.39, 0.29) is 0 Å². The third kappa shape index (κ3) is 0.849. The lowest BCUT2D eigenvalue weighted by atomic mass is 10.4. The zero-order chi connectivity index (χ0) is 7.68. The minimum atomic E-state index is 0.628. The highest BCUT2D eigenvalue weighted by molar-refractivity contribution is 5.54. The van der Waals surface area contributed by atoms with Crippen molar-refractivity contribution in [3.05, 3.63) is 42.1 Å². The van der Waals surface area contributed by atoms with Crippen LogP contribution < -0.4 is 0 Å². The Hall–Kier alpha value is -1.82. The van der Waals surface area contributed by atoms with E-state index in [1.807, 2.05) is 16.8 Å². The van der Waals surface area contributed by atoms with Crippen LogP contribution in [0.5, 0.6) is 0 Å². The zero-order valence-corrected chi connectivity index (χ0v) is 5.73. The van der Waals surface area contributed by atoms with Crippen LogP contribution in [0.15, 0.2) is 30.7 Å². The molecule has 0 aliphatic rings. The summed E-state index contributed by atoms with van der Waals surface area (Å²) in [4.78, 5) is 7.34. The van der Waals surface area contributed by atoms with Crippen molar-refractivity contribution >= 4 is 11.3 Å². The molecule has 2 heterocycles. The van der Waals surface area contributed by atoms with Crippen LogP contribution in [0, 0.1) is 6.57 Å². The van der Waals surface area contributed by atoms with Gasteiger partial charge in [-0.1, -0.05) is 0 Å². The average molecular weight is 143 g/mol. The Labute approximate surface area is 63.7 Å². The van der Waals surface area contributed by atoms with Gasteiger partial charge in [-0.2, -0.15) is 0 Å². The first-order valence-corrected chi connectivity index (χ1v) is 3.20. The fourth-order valence-electron chi connectivity index (χ4n) is 0.969. The molecule has 0 saturated carbocycles. The molecule has 2 rings (SSSR count). The molecule has 0 saturated heterocycles. The monoisotopic (exact) mass is 143 g/mol. The molecule has 0 bridgehead atoms. The molecular formula is C8H5N3. The van der Waals surface area contributed by atoms with Gasteiger partial charge in [-0.3, -0.25) is 0 Å². The second kappa shape index (κ2) is 2.10. The van der Waals surface area contributed by atoms with Gasteiger partial charge in [-0.25, -0.2) is 9.83 Å². The summed E-state index contributed by atoms with van der Waals surface area (Å²) in [6.07, 6.45) is 5.39. The summed E-state index contributed by atoms with van der Waals surface area (Å²) in [6, 6.07) is 3.52. The molecular weight excluding hydrogens is 138 g/mol. The van der Waals surface area contributed by atoms with Crippen molar-refractivity contribution in [2.75, 3.05) is 0 Å². The van der Waals surface area contributed by atoms with Crippen LogP contribution in [-0.2, 0) is 0 Å². The van der Waals surface area contributed by atoms with Crippen molar-refractivity contribution in [3.8, 4) is 0 Å². The Bertz CT molecular complexity index is 422. The molecule has 11 heavy (non-hydrogen) atoms. The fraction of sp³-hybridized carbons (Fsp3) is 0. The Morgan fingerprint density at radius 3 is 3.18 bits per heavy atom. The third-order valence-corrected chi connectivity index (χ3v) is 1.51. The maximum Gasteiger partial charge on any atom is 0.192 e. The van der Waals surface area contributed by atoms with Crippen LogP contribution >= 0.6 is 0 Å². The number of rotatable bonds is 0. The largest absolute Gasteiger partial charge is 0.309 e. The van der Waals surface area contributed by atoms with Crippen LogP contribution in [-0.4, -0.2) is 9.38 Å². The van der Waals surface area contributed by atoms with Gasteiger partial charge in [0.25, 0.3) is 0 Å². The molecule has 3 heteroatoms. The second-order valence-corrected chi connectivity index (χ2v) is 2.19. The number of hydrogen-bond donors (Lipinski definition) is 0. The van der Waals surface area contributed by atoms with Crippen molar-refractivity contribution in [2.45, 2.75) is 0 Å². The van der Waals surface area contributed by atoms with Crippen molar-refractivity contribution in [3.63, 3.8) is 0 Å². The minimum absolute atomic E-state index is 0.628. The smallest absolute Gasteiger partial charge is 0.192 e. The fourth-order valence-corrected chi connectivity index (χ4v) is 0.969. The summed E-state index contributed by atoms with van der Waals surface area (Å²) in [5, 5.41) is 0. The predicted molar refractivity (Wildman–Crippen MR) is 41.5 cm³/mol. The summed E-state index contributed by atoms with van der Waals surface area (Å²) in [5.41, 5.74) is 1.45. The highest BCUT2D eigenvalue weighted by Gasteiger charge is 1.93. The van der Waals surface area contributed by atoms with Crippen molar-refractivity contribution < 1.29 is 0 Å². The number of hydrogen-bond acceptors (Lipinski definition) is 1. The number of fused-ring (bicyclic) bond motifs is 1. The molecule has 0 N–H and O–H groups in total. The number of aromatic nitrogens is 2. The van der Waals surface area contributed by atoms with E-state index in [1.54, 1.807) is 18.3 Å². The van der Waals surface area contributed by atoms with E-state index >= 15 is 0 Å². The molecule has 2 aromatic rings. The van der Waals surface area contributed by atoms with Gasteiger partial charge in [0.2, 0.25) is 0 Å². The Balaban J connectivity index is 2.79. The van der Waals surface area contributed by atoms with Crippen LogP contribution in [0.25, 0.3) is 10.5 Å². The van der Waals surface area contributed by atoms with E-state index in [9.17, 15) is 0 Å². The van der Waals surface area contributed by atoms with Crippen LogP contribution in [0.4, 0.5) is 5.69 Å². The van der Waals surface area contributed by atoms with Crippen LogP contribution in [0.2, 0.25) is 0 Å². The summed E-state index contributed by atoms with van der Waals surface area (Å²) in [7, 11) is 0. The molecule has 0 atom stereocenters. The maximum atomic E-state index is 6.76. The van der Waals surface area contributed by atoms with Gasteiger partial charge in [0, 0.05) is 12.4 Å².